The normalized spacial score (nSPS) is 12.9. The van der Waals surface area contributed by atoms with Gasteiger partial charge in [-0.15, -0.1) is 0 Å². The summed E-state index contributed by atoms with van der Waals surface area (Å²) in [6, 6.07) is 4.70. The highest BCUT2D eigenvalue weighted by Crippen LogP contribution is 2.12. The van der Waals surface area contributed by atoms with Crippen molar-refractivity contribution in [3.8, 4) is 0 Å². The van der Waals surface area contributed by atoms with Crippen LogP contribution in [0, 0.1) is 20.8 Å². The molecule has 114 valence electrons. The van der Waals surface area contributed by atoms with Crippen LogP contribution >= 0.6 is 0 Å². The highest BCUT2D eigenvalue weighted by molar-refractivity contribution is 5.23. The smallest absolute Gasteiger partial charge is 0.0626 e. The number of nitrogens with zero attached hydrogens (tertiary/aromatic N) is 3. The number of aromatic nitrogens is 3. The average molecular weight is 286 g/mol. The van der Waals surface area contributed by atoms with Crippen LogP contribution in [0.15, 0.2) is 18.3 Å². The van der Waals surface area contributed by atoms with E-state index in [9.17, 15) is 0 Å². The van der Waals surface area contributed by atoms with E-state index in [-0.39, 0.29) is 0 Å². The summed E-state index contributed by atoms with van der Waals surface area (Å²) in [4.78, 5) is 6.86. The number of nitrogens with one attached hydrogen (secondary N) is 1. The largest absolute Gasteiger partial charge is 0.303 e. The van der Waals surface area contributed by atoms with Crippen LogP contribution < -0.4 is 0 Å². The molecule has 21 heavy (non-hydrogen) atoms. The molecule has 2 rings (SSSR count). The van der Waals surface area contributed by atoms with E-state index in [1.165, 1.54) is 22.5 Å². The summed E-state index contributed by atoms with van der Waals surface area (Å²) in [5.74, 6) is 0. The molecule has 2 aromatic rings. The molecule has 2 heterocycles. The van der Waals surface area contributed by atoms with Gasteiger partial charge in [0.15, 0.2) is 0 Å². The molecule has 0 saturated heterocycles. The number of aryl methyl sites for hydroxylation is 3. The van der Waals surface area contributed by atoms with Gasteiger partial charge in [-0.25, -0.2) is 0 Å². The van der Waals surface area contributed by atoms with E-state index in [4.69, 9.17) is 0 Å². The zero-order chi connectivity index (χ0) is 15.4. The predicted octanol–water partition coefficient (Wildman–Crippen LogP) is 2.84. The maximum absolute atomic E-state index is 4.46. The Morgan fingerprint density at radius 2 is 2.05 bits per heavy atom. The number of hydrogen-bond acceptors (Lipinski definition) is 3. The van der Waals surface area contributed by atoms with Crippen LogP contribution in [-0.2, 0) is 12.8 Å². The predicted molar refractivity (Wildman–Crippen MR) is 86.5 cm³/mol. The number of likely N-dealkylation sites (N-methyl/N-ethyl adjacent to an activating group) is 1. The van der Waals surface area contributed by atoms with Crippen LogP contribution in [0.25, 0.3) is 0 Å². The topological polar surface area (TPSA) is 44.8 Å². The highest BCUT2D eigenvalue weighted by atomic mass is 15.1. The van der Waals surface area contributed by atoms with E-state index in [1.54, 1.807) is 0 Å². The second kappa shape index (κ2) is 6.85. The van der Waals surface area contributed by atoms with E-state index >= 15 is 0 Å². The minimum atomic E-state index is 0.479. The van der Waals surface area contributed by atoms with Gasteiger partial charge in [0.25, 0.3) is 0 Å². The Balaban J connectivity index is 1.89. The number of rotatable bonds is 6. The Morgan fingerprint density at radius 3 is 2.67 bits per heavy atom. The monoisotopic (exact) mass is 286 g/mol. The molecular weight excluding hydrogens is 260 g/mol. The van der Waals surface area contributed by atoms with Gasteiger partial charge in [0.1, 0.15) is 0 Å². The molecule has 4 nitrogen and oxygen atoms in total. The summed E-state index contributed by atoms with van der Waals surface area (Å²) in [5.41, 5.74) is 6.11. The molecule has 1 unspecified atom stereocenters. The van der Waals surface area contributed by atoms with E-state index < -0.39 is 0 Å². The molecule has 0 aliphatic heterocycles. The van der Waals surface area contributed by atoms with E-state index in [0.29, 0.717) is 6.04 Å². The number of aromatic amines is 1. The van der Waals surface area contributed by atoms with Crippen molar-refractivity contribution >= 4 is 0 Å². The van der Waals surface area contributed by atoms with Gasteiger partial charge in [-0.3, -0.25) is 10.1 Å². The maximum Gasteiger partial charge on any atom is 0.0626 e. The average Bonchev–Trinajstić information content (AvgIpc) is 2.75. The molecule has 0 radical (unpaired) electrons. The molecule has 1 atom stereocenters. The molecule has 0 aliphatic rings. The molecule has 4 heteroatoms. The van der Waals surface area contributed by atoms with Gasteiger partial charge < -0.3 is 4.90 Å². The maximum atomic E-state index is 4.46. The van der Waals surface area contributed by atoms with Gasteiger partial charge in [-0.05, 0) is 64.4 Å². The SMILES string of the molecule is Cc1ccnc(CC(C)N(C)CCc2c(C)n[nH]c2C)c1. The molecule has 0 aliphatic carbocycles. The lowest BCUT2D eigenvalue weighted by Crippen LogP contribution is -2.33. The van der Waals surface area contributed by atoms with Crippen molar-refractivity contribution in [1.82, 2.24) is 20.1 Å². The van der Waals surface area contributed by atoms with Crippen LogP contribution in [-0.4, -0.2) is 39.7 Å². The summed E-state index contributed by atoms with van der Waals surface area (Å²) in [7, 11) is 2.19. The Morgan fingerprint density at radius 1 is 1.29 bits per heavy atom. The van der Waals surface area contributed by atoms with Crippen LogP contribution in [0.2, 0.25) is 0 Å². The fourth-order valence-corrected chi connectivity index (χ4v) is 2.62. The molecule has 2 aromatic heterocycles. The molecule has 0 spiro atoms. The van der Waals surface area contributed by atoms with E-state index in [1.807, 2.05) is 12.3 Å². The van der Waals surface area contributed by atoms with Crippen molar-refractivity contribution in [2.24, 2.45) is 0 Å². The quantitative estimate of drug-likeness (QED) is 0.888. The third kappa shape index (κ3) is 4.14. The van der Waals surface area contributed by atoms with Crippen molar-refractivity contribution in [1.29, 1.82) is 0 Å². The molecule has 0 bridgehead atoms. The van der Waals surface area contributed by atoms with Gasteiger partial charge in [0.2, 0.25) is 0 Å². The summed E-state index contributed by atoms with van der Waals surface area (Å²) in [6.07, 6.45) is 3.92. The minimum absolute atomic E-state index is 0.479. The Labute approximate surface area is 127 Å². The van der Waals surface area contributed by atoms with Crippen molar-refractivity contribution in [3.63, 3.8) is 0 Å². The summed E-state index contributed by atoms with van der Waals surface area (Å²) in [6.45, 7) is 9.58. The van der Waals surface area contributed by atoms with Crippen molar-refractivity contribution in [3.05, 3.63) is 46.5 Å². The number of hydrogen-bond donors (Lipinski definition) is 1. The summed E-state index contributed by atoms with van der Waals surface area (Å²) in [5, 5.41) is 7.32. The minimum Gasteiger partial charge on any atom is -0.303 e. The third-order valence-electron chi connectivity index (χ3n) is 4.22. The molecule has 0 fully saturated rings. The van der Waals surface area contributed by atoms with Crippen LogP contribution in [0.1, 0.15) is 35.1 Å². The second-order valence-electron chi connectivity index (χ2n) is 6.02. The van der Waals surface area contributed by atoms with Crippen molar-refractivity contribution in [2.45, 2.75) is 46.6 Å². The van der Waals surface area contributed by atoms with Crippen LogP contribution in [0.4, 0.5) is 0 Å². The summed E-state index contributed by atoms with van der Waals surface area (Å²) < 4.78 is 0. The highest BCUT2D eigenvalue weighted by Gasteiger charge is 2.13. The molecular formula is C17H26N4. The molecule has 0 saturated carbocycles. The van der Waals surface area contributed by atoms with Gasteiger partial charge >= 0.3 is 0 Å². The first-order chi connectivity index (χ1) is 9.97. The van der Waals surface area contributed by atoms with Crippen LogP contribution in [0.5, 0.6) is 0 Å². The molecule has 0 aromatic carbocycles. The van der Waals surface area contributed by atoms with Gasteiger partial charge in [-0.2, -0.15) is 5.10 Å². The van der Waals surface area contributed by atoms with E-state index in [2.05, 4.69) is 60.9 Å². The van der Waals surface area contributed by atoms with E-state index in [0.717, 1.165) is 25.1 Å². The third-order valence-corrected chi connectivity index (χ3v) is 4.22. The van der Waals surface area contributed by atoms with Crippen LogP contribution in [0.3, 0.4) is 0 Å². The first kappa shape index (κ1) is 15.7. The second-order valence-corrected chi connectivity index (χ2v) is 6.02. The molecule has 1 N–H and O–H groups in total. The standard InChI is InChI=1S/C17H26N4/c1-12-6-8-18-16(10-12)11-13(2)21(5)9-7-17-14(3)19-20-15(17)4/h6,8,10,13H,7,9,11H2,1-5H3,(H,19,20). The van der Waals surface area contributed by atoms with Crippen molar-refractivity contribution in [2.75, 3.05) is 13.6 Å². The van der Waals surface area contributed by atoms with Gasteiger partial charge in [0, 0.05) is 36.6 Å². The zero-order valence-corrected chi connectivity index (χ0v) is 13.8. The Kier molecular flexibility index (Phi) is 5.12. The summed E-state index contributed by atoms with van der Waals surface area (Å²) >= 11 is 0. The van der Waals surface area contributed by atoms with Gasteiger partial charge in [0.05, 0.1) is 5.69 Å². The number of pyridine rings is 1. The molecule has 0 amide bonds. The number of H-pyrrole nitrogens is 1. The lowest BCUT2D eigenvalue weighted by atomic mass is 10.1. The van der Waals surface area contributed by atoms with Crippen molar-refractivity contribution < 1.29 is 0 Å². The fourth-order valence-electron chi connectivity index (χ4n) is 2.62. The fraction of sp³-hybridized carbons (Fsp3) is 0.529. The first-order valence-corrected chi connectivity index (χ1v) is 7.59. The first-order valence-electron chi connectivity index (χ1n) is 7.59. The Bertz CT molecular complexity index is 569. The van der Waals surface area contributed by atoms with Gasteiger partial charge in [-0.1, -0.05) is 0 Å². The Hall–Kier alpha value is -1.68. The lowest BCUT2D eigenvalue weighted by molar-refractivity contribution is 0.258. The zero-order valence-electron chi connectivity index (χ0n) is 13.8. The lowest BCUT2D eigenvalue weighted by Gasteiger charge is -2.24.